The van der Waals surface area contributed by atoms with E-state index in [0.29, 0.717) is 0 Å². The maximum atomic E-state index is 10.3. The monoisotopic (exact) mass is 246 g/mol. The fraction of sp³-hybridized carbons (Fsp3) is 0.333. The Balaban J connectivity index is 2.08. The number of aliphatic hydroxyl groups is 1. The summed E-state index contributed by atoms with van der Waals surface area (Å²) in [5, 5.41) is 12.4. The minimum absolute atomic E-state index is 0.235. The average Bonchev–Trinajstić information content (AvgIpc) is 2.84. The summed E-state index contributed by atoms with van der Waals surface area (Å²) in [6.45, 7) is 2.13. The molecular weight excluding hydrogens is 228 g/mol. The molecule has 1 aromatic carbocycles. The summed E-state index contributed by atoms with van der Waals surface area (Å²) in [5.41, 5.74) is 1.24. The number of rotatable bonds is 5. The molecule has 0 amide bonds. The number of benzene rings is 1. The van der Waals surface area contributed by atoms with Crippen LogP contribution >= 0.6 is 11.3 Å². The molecule has 1 aromatic heterocycles. The maximum Gasteiger partial charge on any atom is 0.0656 e. The number of hydrogen-bond acceptors (Lipinski definition) is 2. The molecule has 0 aliphatic heterocycles. The maximum absolute atomic E-state index is 10.3. The highest BCUT2D eigenvalue weighted by Gasteiger charge is 2.19. The van der Waals surface area contributed by atoms with Gasteiger partial charge in [-0.2, -0.15) is 0 Å². The van der Waals surface area contributed by atoms with E-state index in [1.54, 1.807) is 11.3 Å². The van der Waals surface area contributed by atoms with Gasteiger partial charge in [0.25, 0.3) is 0 Å². The third kappa shape index (κ3) is 3.18. The second-order valence-electron chi connectivity index (χ2n) is 4.28. The topological polar surface area (TPSA) is 20.2 Å². The lowest BCUT2D eigenvalue weighted by molar-refractivity contribution is 0.141. The van der Waals surface area contributed by atoms with E-state index in [0.717, 1.165) is 12.8 Å². The third-order valence-electron chi connectivity index (χ3n) is 3.12. The highest BCUT2D eigenvalue weighted by molar-refractivity contribution is 7.09. The van der Waals surface area contributed by atoms with Gasteiger partial charge in [-0.05, 0) is 23.4 Å². The predicted molar refractivity (Wildman–Crippen MR) is 73.5 cm³/mol. The normalized spacial score (nSPS) is 14.5. The van der Waals surface area contributed by atoms with Crippen LogP contribution in [-0.2, 0) is 6.42 Å². The first-order valence-electron chi connectivity index (χ1n) is 6.06. The molecule has 0 aliphatic rings. The Hall–Kier alpha value is -1.12. The summed E-state index contributed by atoms with van der Waals surface area (Å²) >= 11 is 1.71. The van der Waals surface area contributed by atoms with E-state index in [4.69, 9.17) is 0 Å². The van der Waals surface area contributed by atoms with Gasteiger partial charge in [0.05, 0.1) is 6.10 Å². The fourth-order valence-corrected chi connectivity index (χ4v) is 2.96. The van der Waals surface area contributed by atoms with Crippen molar-refractivity contribution < 1.29 is 5.11 Å². The molecule has 0 saturated heterocycles. The largest absolute Gasteiger partial charge is 0.392 e. The van der Waals surface area contributed by atoms with Crippen molar-refractivity contribution in [3.63, 3.8) is 0 Å². The third-order valence-corrected chi connectivity index (χ3v) is 4.02. The van der Waals surface area contributed by atoms with Gasteiger partial charge in [0, 0.05) is 17.2 Å². The van der Waals surface area contributed by atoms with Crippen LogP contribution in [0, 0.1) is 0 Å². The highest BCUT2D eigenvalue weighted by atomic mass is 32.1. The number of thiophene rings is 1. The van der Waals surface area contributed by atoms with Crippen molar-refractivity contribution in [2.75, 3.05) is 0 Å². The van der Waals surface area contributed by atoms with Crippen LogP contribution in [0.3, 0.4) is 0 Å². The van der Waals surface area contributed by atoms with Crippen molar-refractivity contribution in [1.29, 1.82) is 0 Å². The van der Waals surface area contributed by atoms with Crippen molar-refractivity contribution in [2.45, 2.75) is 31.8 Å². The predicted octanol–water partition coefficient (Wildman–Crippen LogP) is 3.85. The highest BCUT2D eigenvalue weighted by Crippen LogP contribution is 2.26. The average molecular weight is 246 g/mol. The van der Waals surface area contributed by atoms with Gasteiger partial charge in [-0.25, -0.2) is 0 Å². The lowest BCUT2D eigenvalue weighted by Crippen LogP contribution is -2.20. The molecule has 0 spiro atoms. The molecule has 0 fully saturated rings. The number of aliphatic hydroxyl groups excluding tert-OH is 1. The zero-order chi connectivity index (χ0) is 12.1. The molecule has 0 bridgehead atoms. The summed E-state index contributed by atoms with van der Waals surface area (Å²) in [4.78, 5) is 1.26. The van der Waals surface area contributed by atoms with Crippen LogP contribution in [0.15, 0.2) is 47.8 Å². The molecule has 2 aromatic rings. The van der Waals surface area contributed by atoms with E-state index < -0.39 is 0 Å². The van der Waals surface area contributed by atoms with Crippen LogP contribution in [-0.4, -0.2) is 11.2 Å². The minimum atomic E-state index is -0.291. The van der Waals surface area contributed by atoms with Gasteiger partial charge in [-0.1, -0.05) is 43.3 Å². The standard InChI is InChI=1S/C15H18OS/c1-2-14(12-7-4-3-5-8-12)15(16)11-13-9-6-10-17-13/h3-10,14-16H,2,11H2,1H3. The molecule has 90 valence electrons. The first-order chi connectivity index (χ1) is 8.31. The molecule has 0 aliphatic carbocycles. The van der Waals surface area contributed by atoms with E-state index >= 15 is 0 Å². The van der Waals surface area contributed by atoms with Crippen molar-refractivity contribution in [2.24, 2.45) is 0 Å². The summed E-state index contributed by atoms with van der Waals surface area (Å²) in [7, 11) is 0. The van der Waals surface area contributed by atoms with Crippen LogP contribution in [0.1, 0.15) is 29.7 Å². The summed E-state index contributed by atoms with van der Waals surface area (Å²) in [6.07, 6.45) is 1.43. The van der Waals surface area contributed by atoms with Gasteiger partial charge in [-0.15, -0.1) is 11.3 Å². The van der Waals surface area contributed by atoms with E-state index in [2.05, 4.69) is 30.5 Å². The number of hydrogen-bond donors (Lipinski definition) is 1. The molecule has 2 rings (SSSR count). The Morgan fingerprint density at radius 3 is 2.47 bits per heavy atom. The summed E-state index contributed by atoms with van der Waals surface area (Å²) in [6, 6.07) is 14.4. The van der Waals surface area contributed by atoms with Crippen LogP contribution in [0.25, 0.3) is 0 Å². The smallest absolute Gasteiger partial charge is 0.0656 e. The molecule has 2 heteroatoms. The fourth-order valence-electron chi connectivity index (χ4n) is 2.21. The molecular formula is C15H18OS. The van der Waals surface area contributed by atoms with Gasteiger partial charge in [0.1, 0.15) is 0 Å². The SMILES string of the molecule is CCC(c1ccccc1)C(O)Cc1cccs1. The molecule has 2 unspecified atom stereocenters. The van der Waals surface area contributed by atoms with E-state index in [-0.39, 0.29) is 12.0 Å². The molecule has 0 saturated carbocycles. The van der Waals surface area contributed by atoms with Gasteiger partial charge in [-0.3, -0.25) is 0 Å². The molecule has 1 N–H and O–H groups in total. The molecule has 1 heterocycles. The second kappa shape index (κ2) is 5.99. The van der Waals surface area contributed by atoms with Gasteiger partial charge in [0.15, 0.2) is 0 Å². The first-order valence-corrected chi connectivity index (χ1v) is 6.94. The van der Waals surface area contributed by atoms with Crippen molar-refractivity contribution in [1.82, 2.24) is 0 Å². The van der Waals surface area contributed by atoms with E-state index in [9.17, 15) is 5.11 Å². The van der Waals surface area contributed by atoms with Crippen LogP contribution < -0.4 is 0 Å². The Morgan fingerprint density at radius 1 is 1.12 bits per heavy atom. The lowest BCUT2D eigenvalue weighted by atomic mass is 9.89. The van der Waals surface area contributed by atoms with E-state index in [1.165, 1.54) is 10.4 Å². The molecule has 2 atom stereocenters. The Bertz CT molecular complexity index is 421. The van der Waals surface area contributed by atoms with Crippen LogP contribution in [0.5, 0.6) is 0 Å². The Kier molecular flexibility index (Phi) is 4.35. The van der Waals surface area contributed by atoms with Gasteiger partial charge in [0.2, 0.25) is 0 Å². The van der Waals surface area contributed by atoms with Crippen molar-refractivity contribution in [3.8, 4) is 0 Å². The molecule has 0 radical (unpaired) electrons. The van der Waals surface area contributed by atoms with Crippen LogP contribution in [0.4, 0.5) is 0 Å². The quantitative estimate of drug-likeness (QED) is 0.849. The molecule has 17 heavy (non-hydrogen) atoms. The Morgan fingerprint density at radius 2 is 1.88 bits per heavy atom. The summed E-state index contributed by atoms with van der Waals surface area (Å²) in [5.74, 6) is 0.235. The molecule has 1 nitrogen and oxygen atoms in total. The minimum Gasteiger partial charge on any atom is -0.392 e. The zero-order valence-electron chi connectivity index (χ0n) is 10.0. The first kappa shape index (κ1) is 12.3. The van der Waals surface area contributed by atoms with Crippen molar-refractivity contribution >= 4 is 11.3 Å². The van der Waals surface area contributed by atoms with Gasteiger partial charge < -0.3 is 5.11 Å². The van der Waals surface area contributed by atoms with Crippen LogP contribution in [0.2, 0.25) is 0 Å². The Labute approximate surface area is 107 Å². The van der Waals surface area contributed by atoms with E-state index in [1.807, 2.05) is 24.3 Å². The van der Waals surface area contributed by atoms with Crippen molar-refractivity contribution in [3.05, 3.63) is 58.3 Å². The zero-order valence-corrected chi connectivity index (χ0v) is 10.9. The second-order valence-corrected chi connectivity index (χ2v) is 5.31. The summed E-state index contributed by atoms with van der Waals surface area (Å²) < 4.78 is 0. The lowest BCUT2D eigenvalue weighted by Gasteiger charge is -2.21. The van der Waals surface area contributed by atoms with Gasteiger partial charge >= 0.3 is 0 Å².